The minimum absolute atomic E-state index is 0.0587. The van der Waals surface area contributed by atoms with Crippen LogP contribution < -0.4 is 0 Å². The molecule has 2 rings (SSSR count). The smallest absolute Gasteiger partial charge is 0.410 e. The molecule has 0 aromatic carbocycles. The predicted octanol–water partition coefficient (Wildman–Crippen LogP) is 1.54. The van der Waals surface area contributed by atoms with Crippen LogP contribution in [0.2, 0.25) is 0 Å². The maximum atomic E-state index is 12.1. The number of likely N-dealkylation sites (tertiary alicyclic amines) is 1. The summed E-state index contributed by atoms with van der Waals surface area (Å²) in [7, 11) is 0. The number of rotatable bonds is 1. The molecule has 1 N–H and O–H groups in total. The number of hydrogen-bond donors (Lipinski definition) is 1. The Morgan fingerprint density at radius 3 is 2.72 bits per heavy atom. The molecule has 1 amide bonds. The van der Waals surface area contributed by atoms with Crippen molar-refractivity contribution >= 4 is 6.09 Å². The maximum Gasteiger partial charge on any atom is 0.410 e. The molecule has 0 aromatic rings. The van der Waals surface area contributed by atoms with Gasteiger partial charge in [0.1, 0.15) is 5.60 Å². The fourth-order valence-electron chi connectivity index (χ4n) is 2.68. The zero-order valence-corrected chi connectivity index (χ0v) is 11.4. The molecule has 2 fully saturated rings. The molecular weight excluding hydrogens is 234 g/mol. The Bertz CT molecular complexity index is 313. The summed E-state index contributed by atoms with van der Waals surface area (Å²) in [6, 6.07) is 0.114. The highest BCUT2D eigenvalue weighted by molar-refractivity contribution is 5.69. The van der Waals surface area contributed by atoms with Gasteiger partial charge in [0.2, 0.25) is 0 Å². The number of nitrogens with zero attached hydrogens (tertiary/aromatic N) is 1. The van der Waals surface area contributed by atoms with Crippen molar-refractivity contribution in [2.45, 2.75) is 63.9 Å². The van der Waals surface area contributed by atoms with Gasteiger partial charge in [-0.2, -0.15) is 0 Å². The fraction of sp³-hybridized carbons (Fsp3) is 0.923. The van der Waals surface area contributed by atoms with E-state index in [1.54, 1.807) is 4.90 Å². The molecule has 0 spiro atoms. The Hall–Kier alpha value is -0.810. The molecule has 18 heavy (non-hydrogen) atoms. The van der Waals surface area contributed by atoms with Crippen molar-refractivity contribution in [2.75, 3.05) is 13.2 Å². The third-order valence-corrected chi connectivity index (χ3v) is 3.47. The number of fused-ring (bicyclic) bond motifs is 1. The summed E-state index contributed by atoms with van der Waals surface area (Å²) in [5.74, 6) is 0. The van der Waals surface area contributed by atoms with Gasteiger partial charge in [-0.05, 0) is 40.0 Å². The SMILES string of the molecule is CC(C)(C)OC(=O)N1CC[C@H]2O[C@H](CO)CC[C@H]21. The Labute approximate surface area is 108 Å². The summed E-state index contributed by atoms with van der Waals surface area (Å²) in [5, 5.41) is 9.11. The summed E-state index contributed by atoms with van der Waals surface area (Å²) in [6.45, 7) is 6.37. The van der Waals surface area contributed by atoms with Gasteiger partial charge >= 0.3 is 6.09 Å². The van der Waals surface area contributed by atoms with Crippen molar-refractivity contribution in [3.63, 3.8) is 0 Å². The number of aliphatic hydroxyl groups excluding tert-OH is 1. The zero-order valence-electron chi connectivity index (χ0n) is 11.4. The lowest BCUT2D eigenvalue weighted by atomic mass is 9.99. The van der Waals surface area contributed by atoms with E-state index in [1.807, 2.05) is 20.8 Å². The topological polar surface area (TPSA) is 59.0 Å². The zero-order chi connectivity index (χ0) is 13.3. The number of ether oxygens (including phenoxy) is 2. The minimum Gasteiger partial charge on any atom is -0.444 e. The molecule has 2 heterocycles. The number of amides is 1. The Balaban J connectivity index is 1.95. The van der Waals surface area contributed by atoms with E-state index >= 15 is 0 Å². The van der Waals surface area contributed by atoms with E-state index in [9.17, 15) is 4.79 Å². The highest BCUT2D eigenvalue weighted by Crippen LogP contribution is 2.32. The molecule has 2 aliphatic heterocycles. The van der Waals surface area contributed by atoms with Gasteiger partial charge in [0, 0.05) is 6.54 Å². The van der Waals surface area contributed by atoms with Gasteiger partial charge in [-0.1, -0.05) is 0 Å². The van der Waals surface area contributed by atoms with E-state index in [2.05, 4.69) is 0 Å². The van der Waals surface area contributed by atoms with Crippen LogP contribution in [-0.4, -0.2) is 53.1 Å². The van der Waals surface area contributed by atoms with Crippen molar-refractivity contribution in [1.29, 1.82) is 0 Å². The Morgan fingerprint density at radius 1 is 1.39 bits per heavy atom. The van der Waals surface area contributed by atoms with Crippen LogP contribution in [0.5, 0.6) is 0 Å². The summed E-state index contributed by atoms with van der Waals surface area (Å²) in [4.78, 5) is 13.8. The Kier molecular flexibility index (Phi) is 3.82. The molecule has 2 aliphatic rings. The summed E-state index contributed by atoms with van der Waals surface area (Å²) < 4.78 is 11.2. The van der Waals surface area contributed by atoms with Crippen LogP contribution in [0, 0.1) is 0 Å². The van der Waals surface area contributed by atoms with Crippen LogP contribution in [-0.2, 0) is 9.47 Å². The largest absolute Gasteiger partial charge is 0.444 e. The third kappa shape index (κ3) is 2.95. The van der Waals surface area contributed by atoms with E-state index in [-0.39, 0.29) is 30.9 Å². The van der Waals surface area contributed by atoms with Crippen molar-refractivity contribution in [2.24, 2.45) is 0 Å². The van der Waals surface area contributed by atoms with Gasteiger partial charge in [0.15, 0.2) is 0 Å². The average molecular weight is 257 g/mol. The monoisotopic (exact) mass is 257 g/mol. The van der Waals surface area contributed by atoms with Crippen LogP contribution in [0.1, 0.15) is 40.0 Å². The van der Waals surface area contributed by atoms with Crippen molar-refractivity contribution in [3.05, 3.63) is 0 Å². The number of aliphatic hydroxyl groups is 1. The van der Waals surface area contributed by atoms with Gasteiger partial charge in [0.25, 0.3) is 0 Å². The summed E-state index contributed by atoms with van der Waals surface area (Å²) in [5.41, 5.74) is -0.460. The number of carbonyl (C=O) groups is 1. The van der Waals surface area contributed by atoms with Gasteiger partial charge in [-0.3, -0.25) is 0 Å². The van der Waals surface area contributed by atoms with Crippen molar-refractivity contribution in [1.82, 2.24) is 4.90 Å². The lowest BCUT2D eigenvalue weighted by Crippen LogP contribution is -2.47. The molecule has 0 saturated carbocycles. The molecule has 0 bridgehead atoms. The highest BCUT2D eigenvalue weighted by Gasteiger charge is 2.43. The molecule has 104 valence electrons. The summed E-state index contributed by atoms with van der Waals surface area (Å²) >= 11 is 0. The summed E-state index contributed by atoms with van der Waals surface area (Å²) in [6.07, 6.45) is 2.27. The molecule has 0 aliphatic carbocycles. The van der Waals surface area contributed by atoms with E-state index in [1.165, 1.54) is 0 Å². The van der Waals surface area contributed by atoms with Gasteiger partial charge in [-0.25, -0.2) is 4.79 Å². The van der Waals surface area contributed by atoms with Crippen LogP contribution in [0.4, 0.5) is 4.79 Å². The number of hydrogen-bond acceptors (Lipinski definition) is 4. The van der Waals surface area contributed by atoms with Crippen molar-refractivity contribution < 1.29 is 19.4 Å². The van der Waals surface area contributed by atoms with Crippen LogP contribution in [0.25, 0.3) is 0 Å². The first-order chi connectivity index (χ1) is 8.40. The molecule has 5 heteroatoms. The standard InChI is InChI=1S/C13H23NO4/c1-13(2,3)18-12(16)14-7-6-11-10(14)5-4-9(8-15)17-11/h9-11,15H,4-8H2,1-3H3/t9-,10+,11+/m0/s1. The molecular formula is C13H23NO4. The molecule has 0 aromatic heterocycles. The lowest BCUT2D eigenvalue weighted by Gasteiger charge is -2.35. The highest BCUT2D eigenvalue weighted by atomic mass is 16.6. The predicted molar refractivity (Wildman–Crippen MR) is 66.3 cm³/mol. The fourth-order valence-corrected chi connectivity index (χ4v) is 2.68. The van der Waals surface area contributed by atoms with E-state index in [0.29, 0.717) is 6.54 Å². The quantitative estimate of drug-likeness (QED) is 0.774. The first kappa shape index (κ1) is 13.6. The van der Waals surface area contributed by atoms with Crippen LogP contribution in [0.15, 0.2) is 0 Å². The normalized spacial score (nSPS) is 32.2. The molecule has 0 radical (unpaired) electrons. The molecule has 2 saturated heterocycles. The first-order valence-electron chi connectivity index (χ1n) is 6.66. The van der Waals surface area contributed by atoms with Crippen LogP contribution in [0.3, 0.4) is 0 Å². The second-order valence-corrected chi connectivity index (χ2v) is 6.09. The van der Waals surface area contributed by atoms with E-state index < -0.39 is 5.60 Å². The first-order valence-corrected chi connectivity index (χ1v) is 6.66. The minimum atomic E-state index is -0.460. The molecule has 3 atom stereocenters. The van der Waals surface area contributed by atoms with E-state index in [4.69, 9.17) is 14.6 Å². The van der Waals surface area contributed by atoms with Crippen molar-refractivity contribution in [3.8, 4) is 0 Å². The number of carbonyl (C=O) groups excluding carboxylic acids is 1. The third-order valence-electron chi connectivity index (χ3n) is 3.47. The average Bonchev–Trinajstić information content (AvgIpc) is 2.69. The lowest BCUT2D eigenvalue weighted by molar-refractivity contribution is -0.0877. The molecule has 0 unspecified atom stereocenters. The maximum absolute atomic E-state index is 12.1. The van der Waals surface area contributed by atoms with Crippen LogP contribution >= 0.6 is 0 Å². The van der Waals surface area contributed by atoms with Gasteiger partial charge in [0.05, 0.1) is 24.9 Å². The van der Waals surface area contributed by atoms with E-state index in [0.717, 1.165) is 19.3 Å². The second-order valence-electron chi connectivity index (χ2n) is 6.09. The second kappa shape index (κ2) is 5.05. The molecule has 5 nitrogen and oxygen atoms in total. The van der Waals surface area contributed by atoms with Gasteiger partial charge < -0.3 is 19.5 Å². The van der Waals surface area contributed by atoms with Gasteiger partial charge in [-0.15, -0.1) is 0 Å². The Morgan fingerprint density at radius 2 is 2.11 bits per heavy atom.